The molecule has 0 aliphatic rings. The average molecular weight is 244 g/mol. The molecule has 0 aliphatic heterocycles. The van der Waals surface area contributed by atoms with Gasteiger partial charge in [-0.2, -0.15) is 5.10 Å². The third kappa shape index (κ3) is 2.14. The molecule has 18 heavy (non-hydrogen) atoms. The fourth-order valence-electron chi connectivity index (χ4n) is 1.81. The molecule has 1 aromatic heterocycles. The number of rotatable bonds is 3. The minimum atomic E-state index is -0.627. The third-order valence-electron chi connectivity index (χ3n) is 3.06. The first-order chi connectivity index (χ1) is 8.55. The summed E-state index contributed by atoms with van der Waals surface area (Å²) < 4.78 is 6.48. The summed E-state index contributed by atoms with van der Waals surface area (Å²) in [6, 6.07) is 9.25. The van der Waals surface area contributed by atoms with Crippen molar-refractivity contribution in [2.75, 3.05) is 7.11 Å². The van der Waals surface area contributed by atoms with Crippen molar-refractivity contribution in [1.29, 1.82) is 0 Å². The minimum absolute atomic E-state index is 0.0577. The van der Waals surface area contributed by atoms with Crippen molar-refractivity contribution in [2.45, 2.75) is 19.3 Å². The standard InChI is InChI=1S/C14H16N2O2/c1-14(2,13(17)16-10-4-9-15-16)11-5-7-12(18-3)8-6-11/h4-10H,1-3H3. The van der Waals surface area contributed by atoms with Crippen molar-refractivity contribution in [3.8, 4) is 5.75 Å². The second kappa shape index (κ2) is 4.64. The molecule has 1 aromatic carbocycles. The normalized spacial score (nSPS) is 11.3. The molecule has 4 nitrogen and oxygen atoms in total. The largest absolute Gasteiger partial charge is 0.497 e. The lowest BCUT2D eigenvalue weighted by atomic mass is 9.84. The van der Waals surface area contributed by atoms with Gasteiger partial charge in [-0.25, -0.2) is 4.68 Å². The van der Waals surface area contributed by atoms with E-state index in [4.69, 9.17) is 4.74 Å². The number of aromatic nitrogens is 2. The van der Waals surface area contributed by atoms with Gasteiger partial charge in [-0.15, -0.1) is 0 Å². The summed E-state index contributed by atoms with van der Waals surface area (Å²) in [5.74, 6) is 0.721. The van der Waals surface area contributed by atoms with E-state index in [-0.39, 0.29) is 5.91 Å². The molecule has 0 fully saturated rings. The van der Waals surface area contributed by atoms with Crippen LogP contribution in [0.25, 0.3) is 0 Å². The number of nitrogens with zero attached hydrogens (tertiary/aromatic N) is 2. The van der Waals surface area contributed by atoms with Gasteiger partial charge in [-0.05, 0) is 37.6 Å². The highest BCUT2D eigenvalue weighted by Crippen LogP contribution is 2.26. The van der Waals surface area contributed by atoms with E-state index in [2.05, 4.69) is 5.10 Å². The number of carbonyl (C=O) groups excluding carboxylic acids is 1. The van der Waals surface area contributed by atoms with Gasteiger partial charge in [0.1, 0.15) is 5.75 Å². The van der Waals surface area contributed by atoms with Gasteiger partial charge in [0.05, 0.1) is 12.5 Å². The maximum Gasteiger partial charge on any atom is 0.256 e. The van der Waals surface area contributed by atoms with Gasteiger partial charge in [-0.1, -0.05) is 12.1 Å². The highest BCUT2D eigenvalue weighted by atomic mass is 16.5. The molecular weight excluding hydrogens is 228 g/mol. The summed E-state index contributed by atoms with van der Waals surface area (Å²) in [5, 5.41) is 3.98. The maximum atomic E-state index is 12.4. The summed E-state index contributed by atoms with van der Waals surface area (Å²) in [7, 11) is 1.62. The van der Waals surface area contributed by atoms with E-state index in [0.717, 1.165) is 11.3 Å². The Balaban J connectivity index is 2.32. The monoisotopic (exact) mass is 244 g/mol. The molecule has 0 radical (unpaired) electrons. The van der Waals surface area contributed by atoms with Gasteiger partial charge in [0.25, 0.3) is 5.91 Å². The lowest BCUT2D eigenvalue weighted by Gasteiger charge is -2.23. The molecule has 2 rings (SSSR count). The van der Waals surface area contributed by atoms with Crippen LogP contribution >= 0.6 is 0 Å². The fourth-order valence-corrected chi connectivity index (χ4v) is 1.81. The van der Waals surface area contributed by atoms with Crippen LogP contribution in [0.2, 0.25) is 0 Å². The first kappa shape index (κ1) is 12.4. The van der Waals surface area contributed by atoms with Crippen molar-refractivity contribution in [3.63, 3.8) is 0 Å². The van der Waals surface area contributed by atoms with Crippen LogP contribution in [0, 0.1) is 0 Å². The van der Waals surface area contributed by atoms with Crippen molar-refractivity contribution >= 4 is 5.91 Å². The molecule has 2 aromatic rings. The second-order valence-corrected chi connectivity index (χ2v) is 4.61. The molecule has 4 heteroatoms. The molecule has 0 bridgehead atoms. The van der Waals surface area contributed by atoms with Gasteiger partial charge >= 0.3 is 0 Å². The van der Waals surface area contributed by atoms with Crippen LogP contribution in [-0.4, -0.2) is 22.8 Å². The van der Waals surface area contributed by atoms with Gasteiger partial charge in [0, 0.05) is 12.4 Å². The summed E-state index contributed by atoms with van der Waals surface area (Å²) >= 11 is 0. The first-order valence-electron chi connectivity index (χ1n) is 5.74. The Morgan fingerprint density at radius 1 is 1.28 bits per heavy atom. The van der Waals surface area contributed by atoms with Gasteiger partial charge in [0.2, 0.25) is 0 Å². The molecule has 0 amide bonds. The Labute approximate surface area is 106 Å². The molecule has 0 saturated carbocycles. The van der Waals surface area contributed by atoms with E-state index in [1.54, 1.807) is 25.6 Å². The fraction of sp³-hybridized carbons (Fsp3) is 0.286. The second-order valence-electron chi connectivity index (χ2n) is 4.61. The summed E-state index contributed by atoms with van der Waals surface area (Å²) in [6.45, 7) is 3.78. The average Bonchev–Trinajstić information content (AvgIpc) is 2.91. The molecule has 0 N–H and O–H groups in total. The molecule has 94 valence electrons. The summed E-state index contributed by atoms with van der Waals surface area (Å²) in [6.07, 6.45) is 3.26. The van der Waals surface area contributed by atoms with Crippen LogP contribution in [0.1, 0.15) is 24.2 Å². The predicted molar refractivity (Wildman–Crippen MR) is 68.9 cm³/mol. The van der Waals surface area contributed by atoms with E-state index < -0.39 is 5.41 Å². The highest BCUT2D eigenvalue weighted by molar-refractivity contribution is 5.88. The smallest absolute Gasteiger partial charge is 0.256 e. The third-order valence-corrected chi connectivity index (χ3v) is 3.06. The SMILES string of the molecule is COc1ccc(C(C)(C)C(=O)n2cccn2)cc1. The van der Waals surface area contributed by atoms with Crippen LogP contribution in [0.4, 0.5) is 0 Å². The molecule has 0 atom stereocenters. The lowest BCUT2D eigenvalue weighted by molar-refractivity contribution is 0.0804. The molecule has 1 heterocycles. The predicted octanol–water partition coefficient (Wildman–Crippen LogP) is 2.51. The molecule has 0 aliphatic carbocycles. The molecule has 0 saturated heterocycles. The Morgan fingerprint density at radius 2 is 1.94 bits per heavy atom. The van der Waals surface area contributed by atoms with Crippen molar-refractivity contribution in [3.05, 3.63) is 48.3 Å². The maximum absolute atomic E-state index is 12.4. The van der Waals surface area contributed by atoms with Crippen LogP contribution in [0.3, 0.4) is 0 Å². The van der Waals surface area contributed by atoms with E-state index in [1.165, 1.54) is 4.68 Å². The van der Waals surface area contributed by atoms with Crippen molar-refractivity contribution in [2.24, 2.45) is 0 Å². The van der Waals surface area contributed by atoms with E-state index >= 15 is 0 Å². The minimum Gasteiger partial charge on any atom is -0.497 e. The number of hydrogen-bond donors (Lipinski definition) is 0. The Kier molecular flexibility index (Phi) is 3.19. The van der Waals surface area contributed by atoms with E-state index in [9.17, 15) is 4.79 Å². The zero-order chi connectivity index (χ0) is 13.2. The quantitative estimate of drug-likeness (QED) is 0.833. The zero-order valence-electron chi connectivity index (χ0n) is 10.8. The van der Waals surface area contributed by atoms with Crippen LogP contribution in [0.5, 0.6) is 5.75 Å². The Hall–Kier alpha value is -2.10. The molecular formula is C14H16N2O2. The van der Waals surface area contributed by atoms with Gasteiger partial charge in [0.15, 0.2) is 0 Å². The van der Waals surface area contributed by atoms with E-state index in [1.807, 2.05) is 38.1 Å². The van der Waals surface area contributed by atoms with Crippen LogP contribution in [0.15, 0.2) is 42.7 Å². The van der Waals surface area contributed by atoms with Crippen molar-refractivity contribution < 1.29 is 9.53 Å². The van der Waals surface area contributed by atoms with Crippen LogP contribution < -0.4 is 4.74 Å². The first-order valence-corrected chi connectivity index (χ1v) is 5.74. The van der Waals surface area contributed by atoms with Gasteiger partial charge < -0.3 is 4.74 Å². The number of hydrogen-bond acceptors (Lipinski definition) is 3. The number of benzene rings is 1. The summed E-state index contributed by atoms with van der Waals surface area (Å²) in [4.78, 5) is 12.4. The number of methoxy groups -OCH3 is 1. The lowest BCUT2D eigenvalue weighted by Crippen LogP contribution is -2.34. The number of carbonyl (C=O) groups is 1. The summed E-state index contributed by atoms with van der Waals surface area (Å²) in [5.41, 5.74) is 0.307. The van der Waals surface area contributed by atoms with Gasteiger partial charge in [-0.3, -0.25) is 4.79 Å². The topological polar surface area (TPSA) is 44.1 Å². The van der Waals surface area contributed by atoms with E-state index in [0.29, 0.717) is 0 Å². The molecule has 0 unspecified atom stereocenters. The highest BCUT2D eigenvalue weighted by Gasteiger charge is 2.31. The van der Waals surface area contributed by atoms with Crippen LogP contribution in [-0.2, 0) is 5.41 Å². The zero-order valence-corrected chi connectivity index (χ0v) is 10.8. The Bertz CT molecular complexity index is 527. The Morgan fingerprint density at radius 3 is 2.44 bits per heavy atom. The number of ether oxygens (including phenoxy) is 1. The molecule has 0 spiro atoms. The van der Waals surface area contributed by atoms with Crippen molar-refractivity contribution in [1.82, 2.24) is 9.78 Å².